The van der Waals surface area contributed by atoms with Crippen LogP contribution in [0.2, 0.25) is 0 Å². The van der Waals surface area contributed by atoms with Crippen molar-refractivity contribution in [3.8, 4) is 0 Å². The summed E-state index contributed by atoms with van der Waals surface area (Å²) in [6.45, 7) is 4.51. The second-order valence-electron chi connectivity index (χ2n) is 4.95. The van der Waals surface area contributed by atoms with Crippen LogP contribution in [-0.4, -0.2) is 52.3 Å². The first kappa shape index (κ1) is 18.4. The SMILES string of the molecule is CC(C)(C)OC(=O)NC[C@H](NC(=O)C=CC(=O)O)C(=O)O. The number of ether oxygens (including phenoxy) is 1. The Morgan fingerprint density at radius 2 is 1.71 bits per heavy atom. The fourth-order valence-corrected chi connectivity index (χ4v) is 1.07. The molecule has 2 amide bonds. The van der Waals surface area contributed by atoms with Crippen LogP contribution < -0.4 is 10.6 Å². The summed E-state index contributed by atoms with van der Waals surface area (Å²) in [5, 5.41) is 21.5. The lowest BCUT2D eigenvalue weighted by Gasteiger charge is -2.21. The van der Waals surface area contributed by atoms with Crippen LogP contribution in [0.25, 0.3) is 0 Å². The number of amides is 2. The van der Waals surface area contributed by atoms with Gasteiger partial charge in [0, 0.05) is 12.2 Å². The van der Waals surface area contributed by atoms with E-state index < -0.39 is 42.1 Å². The molecule has 0 heterocycles. The Morgan fingerprint density at radius 3 is 2.14 bits per heavy atom. The summed E-state index contributed by atoms with van der Waals surface area (Å²) in [7, 11) is 0. The molecule has 0 spiro atoms. The van der Waals surface area contributed by atoms with Gasteiger partial charge in [0.1, 0.15) is 11.6 Å². The first-order valence-corrected chi connectivity index (χ1v) is 5.92. The molecule has 0 fully saturated rings. The normalized spacial score (nSPS) is 12.5. The summed E-state index contributed by atoms with van der Waals surface area (Å²) in [6, 6.07) is -1.41. The minimum atomic E-state index is -1.41. The zero-order valence-electron chi connectivity index (χ0n) is 11.9. The Hall–Kier alpha value is -2.58. The maximum absolute atomic E-state index is 11.4. The van der Waals surface area contributed by atoms with E-state index in [4.69, 9.17) is 14.9 Å². The lowest BCUT2D eigenvalue weighted by Crippen LogP contribution is -2.48. The molecule has 0 aliphatic rings. The van der Waals surface area contributed by atoms with Crippen molar-refractivity contribution in [2.24, 2.45) is 0 Å². The molecule has 0 saturated carbocycles. The average Bonchev–Trinajstić information content (AvgIpc) is 2.29. The quantitative estimate of drug-likeness (QED) is 0.494. The van der Waals surface area contributed by atoms with Crippen molar-refractivity contribution in [1.29, 1.82) is 0 Å². The highest BCUT2D eigenvalue weighted by Gasteiger charge is 2.22. The molecule has 0 unspecified atom stereocenters. The number of aliphatic carboxylic acids is 2. The molecule has 0 rings (SSSR count). The van der Waals surface area contributed by atoms with Gasteiger partial charge in [0.2, 0.25) is 5.91 Å². The van der Waals surface area contributed by atoms with Crippen LogP contribution in [-0.2, 0) is 19.1 Å². The van der Waals surface area contributed by atoms with Crippen LogP contribution >= 0.6 is 0 Å². The summed E-state index contributed by atoms with van der Waals surface area (Å²) in [4.78, 5) is 43.8. The van der Waals surface area contributed by atoms with E-state index >= 15 is 0 Å². The van der Waals surface area contributed by atoms with Gasteiger partial charge < -0.3 is 25.6 Å². The Morgan fingerprint density at radius 1 is 1.14 bits per heavy atom. The van der Waals surface area contributed by atoms with Crippen molar-refractivity contribution in [1.82, 2.24) is 10.6 Å². The highest BCUT2D eigenvalue weighted by molar-refractivity contribution is 5.95. The summed E-state index contributed by atoms with van der Waals surface area (Å²) >= 11 is 0. The number of carboxylic acids is 2. The van der Waals surface area contributed by atoms with Gasteiger partial charge in [0.25, 0.3) is 0 Å². The largest absolute Gasteiger partial charge is 0.480 e. The van der Waals surface area contributed by atoms with Gasteiger partial charge in [0.15, 0.2) is 0 Å². The molecule has 0 aliphatic heterocycles. The van der Waals surface area contributed by atoms with Gasteiger partial charge in [-0.3, -0.25) is 4.79 Å². The first-order chi connectivity index (χ1) is 9.51. The zero-order valence-corrected chi connectivity index (χ0v) is 11.9. The standard InChI is InChI=1S/C12H18N2O7/c1-12(2,3)21-11(20)13-6-7(10(18)19)14-8(15)4-5-9(16)17/h4-5,7H,6H2,1-3H3,(H,13,20)(H,14,15)(H,16,17)(H,18,19)/t7-/m0/s1. The van der Waals surface area contributed by atoms with E-state index in [0.29, 0.717) is 12.2 Å². The molecule has 0 bridgehead atoms. The number of alkyl carbamates (subject to hydrolysis) is 1. The smallest absolute Gasteiger partial charge is 0.407 e. The molecule has 0 saturated heterocycles. The lowest BCUT2D eigenvalue weighted by molar-refractivity contribution is -0.141. The Balaban J connectivity index is 4.45. The maximum atomic E-state index is 11.4. The van der Waals surface area contributed by atoms with E-state index in [1.54, 1.807) is 20.8 Å². The molecular weight excluding hydrogens is 284 g/mol. The molecular formula is C12H18N2O7. The van der Waals surface area contributed by atoms with Crippen molar-refractivity contribution in [3.63, 3.8) is 0 Å². The third-order valence-electron chi connectivity index (χ3n) is 1.84. The van der Waals surface area contributed by atoms with E-state index in [2.05, 4.69) is 5.32 Å². The van der Waals surface area contributed by atoms with Crippen LogP contribution in [0.1, 0.15) is 20.8 Å². The van der Waals surface area contributed by atoms with Gasteiger partial charge in [-0.05, 0) is 20.8 Å². The third kappa shape index (κ3) is 9.93. The van der Waals surface area contributed by atoms with Gasteiger partial charge in [-0.15, -0.1) is 0 Å². The van der Waals surface area contributed by atoms with E-state index in [-0.39, 0.29) is 0 Å². The minimum Gasteiger partial charge on any atom is -0.480 e. The number of carbonyl (C=O) groups is 4. The van der Waals surface area contributed by atoms with E-state index in [9.17, 15) is 19.2 Å². The van der Waals surface area contributed by atoms with E-state index in [1.165, 1.54) is 0 Å². The summed E-state index contributed by atoms with van der Waals surface area (Å²) < 4.78 is 4.90. The van der Waals surface area contributed by atoms with Crippen molar-refractivity contribution < 1.29 is 34.1 Å². The molecule has 4 N–H and O–H groups in total. The monoisotopic (exact) mass is 302 g/mol. The summed E-state index contributed by atoms with van der Waals surface area (Å²) in [5.74, 6) is -3.64. The van der Waals surface area contributed by atoms with Crippen LogP contribution in [0, 0.1) is 0 Å². The Kier molecular flexibility index (Phi) is 6.91. The third-order valence-corrected chi connectivity index (χ3v) is 1.84. The fourth-order valence-electron chi connectivity index (χ4n) is 1.07. The van der Waals surface area contributed by atoms with Gasteiger partial charge in [-0.25, -0.2) is 14.4 Å². The number of rotatable bonds is 6. The Labute approximate surface area is 121 Å². The second kappa shape index (κ2) is 7.88. The maximum Gasteiger partial charge on any atom is 0.407 e. The van der Waals surface area contributed by atoms with Crippen LogP contribution in [0.5, 0.6) is 0 Å². The van der Waals surface area contributed by atoms with Crippen LogP contribution in [0.15, 0.2) is 12.2 Å². The molecule has 0 aliphatic carbocycles. The number of hydrogen-bond donors (Lipinski definition) is 4. The number of carboxylic acid groups (broad SMARTS) is 2. The number of nitrogens with one attached hydrogen (secondary N) is 2. The molecule has 9 heteroatoms. The topological polar surface area (TPSA) is 142 Å². The van der Waals surface area contributed by atoms with Crippen LogP contribution in [0.4, 0.5) is 4.79 Å². The zero-order chi connectivity index (χ0) is 16.6. The fraction of sp³-hybridized carbons (Fsp3) is 0.500. The van der Waals surface area contributed by atoms with Gasteiger partial charge in [-0.2, -0.15) is 0 Å². The number of hydrogen-bond acceptors (Lipinski definition) is 5. The molecule has 0 aromatic heterocycles. The van der Waals surface area contributed by atoms with Gasteiger partial charge >= 0.3 is 18.0 Å². The number of carbonyl (C=O) groups excluding carboxylic acids is 2. The van der Waals surface area contributed by atoms with Crippen molar-refractivity contribution in [2.75, 3.05) is 6.54 Å². The summed E-state index contributed by atoms with van der Waals surface area (Å²) in [5.41, 5.74) is -0.740. The average molecular weight is 302 g/mol. The molecule has 0 aromatic carbocycles. The molecule has 0 aromatic rings. The lowest BCUT2D eigenvalue weighted by atomic mass is 10.2. The molecule has 21 heavy (non-hydrogen) atoms. The summed E-state index contributed by atoms with van der Waals surface area (Å²) in [6.07, 6.45) is 0.408. The highest BCUT2D eigenvalue weighted by atomic mass is 16.6. The van der Waals surface area contributed by atoms with Crippen LogP contribution in [0.3, 0.4) is 0 Å². The Bertz CT molecular complexity index is 451. The minimum absolute atomic E-state index is 0.406. The van der Waals surface area contributed by atoms with Crippen molar-refractivity contribution in [3.05, 3.63) is 12.2 Å². The molecule has 0 radical (unpaired) electrons. The predicted octanol–water partition coefficient (Wildman–Crippen LogP) is -0.279. The molecule has 1 atom stereocenters. The van der Waals surface area contributed by atoms with Gasteiger partial charge in [0.05, 0.1) is 6.54 Å². The molecule has 9 nitrogen and oxygen atoms in total. The predicted molar refractivity (Wildman–Crippen MR) is 70.6 cm³/mol. The van der Waals surface area contributed by atoms with E-state index in [1.807, 2.05) is 5.32 Å². The van der Waals surface area contributed by atoms with Crippen molar-refractivity contribution >= 4 is 23.9 Å². The second-order valence-corrected chi connectivity index (χ2v) is 4.95. The highest BCUT2D eigenvalue weighted by Crippen LogP contribution is 2.06. The van der Waals surface area contributed by atoms with E-state index in [0.717, 1.165) is 0 Å². The first-order valence-electron chi connectivity index (χ1n) is 5.92. The molecule has 118 valence electrons. The van der Waals surface area contributed by atoms with Crippen molar-refractivity contribution in [2.45, 2.75) is 32.4 Å². The van der Waals surface area contributed by atoms with Gasteiger partial charge in [-0.1, -0.05) is 0 Å².